The number of hydrogen-bond acceptors (Lipinski definition) is 4. The molecule has 7 heteroatoms. The van der Waals surface area contributed by atoms with Crippen molar-refractivity contribution < 1.29 is 9.53 Å². The molecule has 2 heterocycles. The van der Waals surface area contributed by atoms with Crippen LogP contribution in [0.1, 0.15) is 60.9 Å². The van der Waals surface area contributed by atoms with Crippen molar-refractivity contribution in [2.24, 2.45) is 0 Å². The average Bonchev–Trinajstić information content (AvgIpc) is 3.05. The molecule has 1 aliphatic rings. The number of benzene rings is 1. The minimum atomic E-state index is -0.523. The van der Waals surface area contributed by atoms with Crippen LogP contribution in [0.3, 0.4) is 0 Å². The number of carbonyl (C=O) groups is 1. The molecule has 0 radical (unpaired) electrons. The van der Waals surface area contributed by atoms with Crippen molar-refractivity contribution in [1.82, 2.24) is 14.6 Å². The molecule has 0 aliphatic heterocycles. The molecule has 0 unspecified atom stereocenters. The number of nitrogens with one attached hydrogen (secondary N) is 1. The molecule has 6 nitrogen and oxygen atoms in total. The van der Waals surface area contributed by atoms with Gasteiger partial charge >= 0.3 is 5.97 Å². The van der Waals surface area contributed by atoms with Crippen molar-refractivity contribution in [1.29, 1.82) is 0 Å². The van der Waals surface area contributed by atoms with Crippen LogP contribution in [0.15, 0.2) is 39.7 Å². The number of halogens is 1. The summed E-state index contributed by atoms with van der Waals surface area (Å²) in [5, 5.41) is 4.11. The number of carbonyl (C=O) groups excluding carboxylic acids is 1. The molecule has 28 heavy (non-hydrogen) atoms. The van der Waals surface area contributed by atoms with E-state index in [1.165, 1.54) is 48.2 Å². The monoisotopic (exact) mass is 443 g/mol. The Balaban J connectivity index is 1.73. The van der Waals surface area contributed by atoms with Gasteiger partial charge in [-0.2, -0.15) is 9.61 Å². The first-order valence-electron chi connectivity index (χ1n) is 9.67. The van der Waals surface area contributed by atoms with Crippen LogP contribution in [0.25, 0.3) is 16.9 Å². The summed E-state index contributed by atoms with van der Waals surface area (Å²) >= 11 is 3.26. The van der Waals surface area contributed by atoms with E-state index in [1.807, 2.05) is 12.1 Å². The molecule has 1 saturated carbocycles. The molecule has 0 saturated heterocycles. The van der Waals surface area contributed by atoms with E-state index in [1.54, 1.807) is 6.92 Å². The highest BCUT2D eigenvalue weighted by molar-refractivity contribution is 9.10. The third kappa shape index (κ3) is 3.51. The minimum absolute atomic E-state index is 0.222. The minimum Gasteiger partial charge on any atom is -0.462 e. The van der Waals surface area contributed by atoms with Crippen LogP contribution in [0, 0.1) is 0 Å². The lowest BCUT2D eigenvalue weighted by Crippen LogP contribution is -2.15. The second kappa shape index (κ2) is 7.91. The Bertz CT molecular complexity index is 1060. The Kier molecular flexibility index (Phi) is 5.35. The molecule has 0 bridgehead atoms. The van der Waals surface area contributed by atoms with Gasteiger partial charge < -0.3 is 9.72 Å². The first kappa shape index (κ1) is 18.9. The second-order valence-corrected chi connectivity index (χ2v) is 7.88. The van der Waals surface area contributed by atoms with Crippen LogP contribution in [-0.4, -0.2) is 27.2 Å². The Morgan fingerprint density at radius 1 is 1.25 bits per heavy atom. The first-order chi connectivity index (χ1) is 13.6. The number of H-pyrrole nitrogens is 1. The van der Waals surface area contributed by atoms with Gasteiger partial charge in [0.15, 0.2) is 5.65 Å². The molecular weight excluding hydrogens is 422 g/mol. The van der Waals surface area contributed by atoms with E-state index in [0.29, 0.717) is 17.3 Å². The third-order valence-corrected chi connectivity index (χ3v) is 5.91. The number of ether oxygens (including phenoxy) is 1. The summed E-state index contributed by atoms with van der Waals surface area (Å²) in [6.45, 7) is 1.98. The van der Waals surface area contributed by atoms with E-state index in [-0.39, 0.29) is 22.3 Å². The van der Waals surface area contributed by atoms with Gasteiger partial charge in [-0.15, -0.1) is 0 Å². The zero-order valence-electron chi connectivity index (χ0n) is 15.7. The lowest BCUT2D eigenvalue weighted by molar-refractivity contribution is 0.0527. The number of esters is 1. The summed E-state index contributed by atoms with van der Waals surface area (Å²) in [6, 6.07) is 9.85. The molecule has 4 rings (SSSR count). The number of rotatable bonds is 4. The van der Waals surface area contributed by atoms with Crippen molar-refractivity contribution in [2.75, 3.05) is 6.61 Å². The molecular formula is C21H22BrN3O3. The fraction of sp³-hybridized carbons (Fsp3) is 0.381. The van der Waals surface area contributed by atoms with Gasteiger partial charge in [-0.1, -0.05) is 43.5 Å². The second-order valence-electron chi connectivity index (χ2n) is 7.12. The van der Waals surface area contributed by atoms with Crippen LogP contribution < -0.4 is 5.56 Å². The standard InChI is InChI=1S/C21H22BrN3O3/c1-2-28-21(27)18-19(22)24-25-17(26)12-16(23-20(18)25)15-10-8-14(9-11-15)13-6-4-3-5-7-13/h8-13,23H,2-7H2,1H3. The van der Waals surface area contributed by atoms with Gasteiger partial charge in [0.2, 0.25) is 0 Å². The molecule has 146 valence electrons. The third-order valence-electron chi connectivity index (χ3n) is 5.35. The summed E-state index contributed by atoms with van der Waals surface area (Å²) in [7, 11) is 0. The normalized spacial score (nSPS) is 15.1. The highest BCUT2D eigenvalue weighted by atomic mass is 79.9. The molecule has 3 aromatic rings. The number of aromatic nitrogens is 3. The van der Waals surface area contributed by atoms with Crippen molar-refractivity contribution in [3.63, 3.8) is 0 Å². The van der Waals surface area contributed by atoms with Gasteiger partial charge in [0.25, 0.3) is 5.56 Å². The lowest BCUT2D eigenvalue weighted by atomic mass is 9.84. The van der Waals surface area contributed by atoms with Crippen LogP contribution in [0.4, 0.5) is 0 Å². The summed E-state index contributed by atoms with van der Waals surface area (Å²) < 4.78 is 6.56. The van der Waals surface area contributed by atoms with Crippen LogP contribution in [0.5, 0.6) is 0 Å². The summed E-state index contributed by atoms with van der Waals surface area (Å²) in [5.41, 5.74) is 3.13. The average molecular weight is 444 g/mol. The van der Waals surface area contributed by atoms with E-state index in [2.05, 4.69) is 38.1 Å². The molecule has 1 N–H and O–H groups in total. The maximum atomic E-state index is 12.5. The molecule has 0 spiro atoms. The van der Waals surface area contributed by atoms with Crippen molar-refractivity contribution in [3.05, 3.63) is 56.4 Å². The number of nitrogens with zero attached hydrogens (tertiary/aromatic N) is 2. The Morgan fingerprint density at radius 2 is 1.96 bits per heavy atom. The number of fused-ring (bicyclic) bond motifs is 1. The number of hydrogen-bond donors (Lipinski definition) is 1. The SMILES string of the molecule is CCOC(=O)c1c(Br)nn2c(=O)cc(-c3ccc(C4CCCCC4)cc3)[nH]c12. The highest BCUT2D eigenvalue weighted by Gasteiger charge is 2.22. The molecule has 0 amide bonds. The van der Waals surface area contributed by atoms with E-state index in [9.17, 15) is 9.59 Å². The fourth-order valence-electron chi connectivity index (χ4n) is 3.93. The predicted molar refractivity (Wildman–Crippen MR) is 111 cm³/mol. The van der Waals surface area contributed by atoms with Crippen molar-refractivity contribution >= 4 is 27.5 Å². The summed E-state index contributed by atoms with van der Waals surface area (Å²) in [5.74, 6) is 0.107. The van der Waals surface area contributed by atoms with Gasteiger partial charge in [-0.05, 0) is 52.7 Å². The van der Waals surface area contributed by atoms with Crippen molar-refractivity contribution in [2.45, 2.75) is 44.9 Å². The van der Waals surface area contributed by atoms with E-state index >= 15 is 0 Å². The van der Waals surface area contributed by atoms with E-state index < -0.39 is 5.97 Å². The molecule has 0 atom stereocenters. The van der Waals surface area contributed by atoms with E-state index in [0.717, 1.165) is 5.56 Å². The molecule has 1 aliphatic carbocycles. The topological polar surface area (TPSA) is 76.5 Å². The van der Waals surface area contributed by atoms with Crippen LogP contribution in [-0.2, 0) is 4.74 Å². The number of aromatic amines is 1. The van der Waals surface area contributed by atoms with Crippen molar-refractivity contribution in [3.8, 4) is 11.3 Å². The van der Waals surface area contributed by atoms with Gasteiger partial charge in [-0.3, -0.25) is 4.79 Å². The molecule has 2 aromatic heterocycles. The van der Waals surface area contributed by atoms with Crippen LogP contribution in [0.2, 0.25) is 0 Å². The van der Waals surface area contributed by atoms with E-state index in [4.69, 9.17) is 4.74 Å². The lowest BCUT2D eigenvalue weighted by Gasteiger charge is -2.22. The Morgan fingerprint density at radius 3 is 2.64 bits per heavy atom. The Hall–Kier alpha value is -2.41. The zero-order valence-corrected chi connectivity index (χ0v) is 17.3. The first-order valence-corrected chi connectivity index (χ1v) is 10.5. The largest absolute Gasteiger partial charge is 0.462 e. The summed E-state index contributed by atoms with van der Waals surface area (Å²) in [6.07, 6.45) is 6.41. The van der Waals surface area contributed by atoms with Gasteiger partial charge in [-0.25, -0.2) is 4.79 Å². The molecule has 1 fully saturated rings. The van der Waals surface area contributed by atoms with Crippen LogP contribution >= 0.6 is 15.9 Å². The smallest absolute Gasteiger partial charge is 0.344 e. The highest BCUT2D eigenvalue weighted by Crippen LogP contribution is 2.33. The van der Waals surface area contributed by atoms with Gasteiger partial charge in [0.05, 0.1) is 12.3 Å². The summed E-state index contributed by atoms with van der Waals surface area (Å²) in [4.78, 5) is 28.0. The Labute approximate surface area is 171 Å². The van der Waals surface area contributed by atoms with Gasteiger partial charge in [0.1, 0.15) is 10.2 Å². The predicted octanol–water partition coefficient (Wildman–Crippen LogP) is 4.68. The maximum absolute atomic E-state index is 12.5. The maximum Gasteiger partial charge on any atom is 0.344 e. The quantitative estimate of drug-likeness (QED) is 0.593. The fourth-order valence-corrected chi connectivity index (χ4v) is 4.43. The van der Waals surface area contributed by atoms with Gasteiger partial charge in [0, 0.05) is 6.07 Å². The zero-order chi connectivity index (χ0) is 19.7. The molecule has 1 aromatic carbocycles.